The van der Waals surface area contributed by atoms with E-state index < -0.39 is 16.0 Å². The predicted molar refractivity (Wildman–Crippen MR) is 116 cm³/mol. The number of carbonyl (C=O) groups is 1. The van der Waals surface area contributed by atoms with E-state index in [9.17, 15) is 18.3 Å². The summed E-state index contributed by atoms with van der Waals surface area (Å²) in [4.78, 5) is 17.1. The minimum atomic E-state index is -3.59. The minimum absolute atomic E-state index is 0.0559. The summed E-state index contributed by atoms with van der Waals surface area (Å²) in [6, 6.07) is 7.97. The highest BCUT2D eigenvalue weighted by Crippen LogP contribution is 2.30. The van der Waals surface area contributed by atoms with Gasteiger partial charge in [-0.15, -0.1) is 0 Å². The Kier molecular flexibility index (Phi) is 6.21. The smallest absolute Gasteiger partial charge is 0.342 e. The number of carbonyl (C=O) groups excluding carboxylic acids is 1. The van der Waals surface area contributed by atoms with Crippen molar-refractivity contribution in [2.24, 2.45) is 0 Å². The molecule has 0 amide bonds. The van der Waals surface area contributed by atoms with Crippen LogP contribution in [-0.2, 0) is 27.9 Å². The van der Waals surface area contributed by atoms with Crippen molar-refractivity contribution in [3.63, 3.8) is 0 Å². The third-order valence-corrected chi connectivity index (χ3v) is 7.07. The lowest BCUT2D eigenvalue weighted by Crippen LogP contribution is -2.22. The molecule has 160 valence electrons. The summed E-state index contributed by atoms with van der Waals surface area (Å²) >= 11 is 3.21. The summed E-state index contributed by atoms with van der Waals surface area (Å²) < 4.78 is 33.6. The molecule has 0 unspecified atom stereocenters. The van der Waals surface area contributed by atoms with Gasteiger partial charge in [-0.2, -0.15) is 0 Å². The molecule has 0 saturated heterocycles. The van der Waals surface area contributed by atoms with Crippen LogP contribution < -0.4 is 0 Å². The highest BCUT2D eigenvalue weighted by molar-refractivity contribution is 9.10. The van der Waals surface area contributed by atoms with Gasteiger partial charge in [-0.25, -0.2) is 22.5 Å². The quantitative estimate of drug-likeness (QED) is 0.525. The van der Waals surface area contributed by atoms with Gasteiger partial charge in [0.25, 0.3) is 0 Å². The fourth-order valence-corrected chi connectivity index (χ4v) is 4.59. The number of nitrogens with zero attached hydrogens (tertiary/aromatic N) is 3. The number of imidazole rings is 1. The highest BCUT2D eigenvalue weighted by Gasteiger charge is 2.21. The fourth-order valence-electron chi connectivity index (χ4n) is 3.09. The van der Waals surface area contributed by atoms with Crippen LogP contribution in [0, 0.1) is 6.92 Å². The van der Waals surface area contributed by atoms with E-state index >= 15 is 0 Å². The zero-order valence-corrected chi connectivity index (χ0v) is 19.4. The molecule has 0 bridgehead atoms. The molecular weight excluding hydrogens is 474 g/mol. The number of aromatic nitrogens is 2. The summed E-state index contributed by atoms with van der Waals surface area (Å²) in [5, 5.41) is 10.1. The molecule has 1 heterocycles. The number of benzene rings is 2. The second kappa shape index (κ2) is 8.37. The molecule has 0 saturated carbocycles. The van der Waals surface area contributed by atoms with E-state index in [0.29, 0.717) is 22.4 Å². The van der Waals surface area contributed by atoms with Gasteiger partial charge in [-0.1, -0.05) is 0 Å². The first-order chi connectivity index (χ1) is 14.1. The Hall–Kier alpha value is -2.43. The van der Waals surface area contributed by atoms with Crippen LogP contribution in [0.4, 0.5) is 0 Å². The number of hydrogen-bond donors (Lipinski definition) is 1. The highest BCUT2D eigenvalue weighted by atomic mass is 79.9. The Bertz CT molecular complexity index is 1230. The average molecular weight is 496 g/mol. The van der Waals surface area contributed by atoms with Gasteiger partial charge in [0.05, 0.1) is 20.4 Å². The van der Waals surface area contributed by atoms with Crippen molar-refractivity contribution in [1.29, 1.82) is 0 Å². The summed E-state index contributed by atoms with van der Waals surface area (Å²) in [5.74, 6) is -0.387. The summed E-state index contributed by atoms with van der Waals surface area (Å²) in [7, 11) is -0.654. The first-order valence-corrected chi connectivity index (χ1v) is 11.4. The van der Waals surface area contributed by atoms with Gasteiger partial charge >= 0.3 is 5.97 Å². The first-order valence-electron chi connectivity index (χ1n) is 9.14. The summed E-state index contributed by atoms with van der Waals surface area (Å²) in [6.07, 6.45) is 0. The molecule has 30 heavy (non-hydrogen) atoms. The van der Waals surface area contributed by atoms with Crippen LogP contribution in [0.25, 0.3) is 11.0 Å². The third kappa shape index (κ3) is 4.07. The zero-order chi connectivity index (χ0) is 22.2. The normalized spacial score (nSPS) is 11.9. The molecule has 1 N–H and O–H groups in total. The average Bonchev–Trinajstić information content (AvgIpc) is 3.05. The molecule has 0 aliphatic carbocycles. The second-order valence-electron chi connectivity index (χ2n) is 6.93. The number of aryl methyl sites for hydroxylation is 2. The lowest BCUT2D eigenvalue weighted by Gasteiger charge is -2.11. The van der Waals surface area contributed by atoms with Gasteiger partial charge in [-0.05, 0) is 65.7 Å². The maximum atomic E-state index is 12.5. The molecule has 0 spiro atoms. The molecule has 3 aromatic rings. The fraction of sp³-hybridized carbons (Fsp3) is 0.300. The molecule has 0 radical (unpaired) electrons. The van der Waals surface area contributed by atoms with E-state index in [2.05, 4.69) is 20.9 Å². The van der Waals surface area contributed by atoms with Crippen molar-refractivity contribution < 1.29 is 23.1 Å². The Morgan fingerprint density at radius 2 is 1.97 bits per heavy atom. The number of halogens is 1. The van der Waals surface area contributed by atoms with Gasteiger partial charge in [0, 0.05) is 20.6 Å². The maximum absolute atomic E-state index is 12.5. The number of fused-ring (bicyclic) bond motifs is 1. The van der Waals surface area contributed by atoms with Crippen LogP contribution in [0.2, 0.25) is 0 Å². The number of phenols is 1. The van der Waals surface area contributed by atoms with Crippen LogP contribution in [0.1, 0.15) is 28.7 Å². The van der Waals surface area contributed by atoms with Gasteiger partial charge in [0.1, 0.15) is 23.7 Å². The minimum Gasteiger partial charge on any atom is -0.506 e. The molecule has 3 rings (SSSR count). The standard InChI is InChI=1S/C20H22BrN3O5S/c1-5-24-17-7-6-13(30(27,28)23(3)4)10-16(17)22-18(24)11-29-20(26)14-8-12(2)9-15(21)19(14)25/h6-10,25H,5,11H2,1-4H3. The van der Waals surface area contributed by atoms with Crippen LogP contribution in [-0.4, -0.2) is 47.4 Å². The van der Waals surface area contributed by atoms with E-state index in [1.54, 1.807) is 25.1 Å². The van der Waals surface area contributed by atoms with Gasteiger partial charge in [0.15, 0.2) is 0 Å². The monoisotopic (exact) mass is 495 g/mol. The Morgan fingerprint density at radius 3 is 2.60 bits per heavy atom. The van der Waals surface area contributed by atoms with E-state index in [4.69, 9.17) is 4.74 Å². The van der Waals surface area contributed by atoms with Crippen molar-refractivity contribution >= 4 is 43.0 Å². The molecule has 8 nitrogen and oxygen atoms in total. The van der Waals surface area contributed by atoms with Gasteiger partial charge < -0.3 is 14.4 Å². The maximum Gasteiger partial charge on any atom is 0.342 e. The number of hydrogen-bond acceptors (Lipinski definition) is 6. The molecule has 2 aromatic carbocycles. The van der Waals surface area contributed by atoms with Crippen molar-refractivity contribution in [2.45, 2.75) is 31.9 Å². The van der Waals surface area contributed by atoms with Crippen LogP contribution in [0.5, 0.6) is 5.75 Å². The topological polar surface area (TPSA) is 102 Å². The van der Waals surface area contributed by atoms with E-state index in [1.807, 2.05) is 11.5 Å². The number of esters is 1. The zero-order valence-electron chi connectivity index (χ0n) is 17.0. The SMILES string of the molecule is CCn1c(COC(=O)c2cc(C)cc(Br)c2O)nc2cc(S(=O)(=O)N(C)C)ccc21. The van der Waals surface area contributed by atoms with Crippen LogP contribution in [0.15, 0.2) is 39.7 Å². The predicted octanol–water partition coefficient (Wildman–Crippen LogP) is 3.44. The van der Waals surface area contributed by atoms with E-state index in [1.165, 1.54) is 26.2 Å². The molecular formula is C20H22BrN3O5S. The first kappa shape index (κ1) is 22.3. The Labute approximate surface area is 183 Å². The summed E-state index contributed by atoms with van der Waals surface area (Å²) in [5.41, 5.74) is 2.08. The summed E-state index contributed by atoms with van der Waals surface area (Å²) in [6.45, 7) is 4.16. The Morgan fingerprint density at radius 1 is 1.27 bits per heavy atom. The molecule has 0 aliphatic heterocycles. The number of ether oxygens (including phenoxy) is 1. The van der Waals surface area contributed by atoms with Crippen molar-refractivity contribution in [3.05, 3.63) is 51.8 Å². The lowest BCUT2D eigenvalue weighted by molar-refractivity contribution is 0.0455. The molecule has 0 aliphatic rings. The molecule has 10 heteroatoms. The number of sulfonamides is 1. The largest absolute Gasteiger partial charge is 0.506 e. The van der Waals surface area contributed by atoms with Crippen LogP contribution in [0.3, 0.4) is 0 Å². The van der Waals surface area contributed by atoms with E-state index in [0.717, 1.165) is 15.4 Å². The number of aromatic hydroxyl groups is 1. The van der Waals surface area contributed by atoms with Crippen molar-refractivity contribution in [2.75, 3.05) is 14.1 Å². The lowest BCUT2D eigenvalue weighted by atomic mass is 10.1. The van der Waals surface area contributed by atoms with Crippen molar-refractivity contribution in [3.8, 4) is 5.75 Å². The second-order valence-corrected chi connectivity index (χ2v) is 9.94. The van der Waals surface area contributed by atoms with Gasteiger partial charge in [0.2, 0.25) is 10.0 Å². The molecule has 0 fully saturated rings. The van der Waals surface area contributed by atoms with Crippen molar-refractivity contribution in [1.82, 2.24) is 13.9 Å². The van der Waals surface area contributed by atoms with Crippen LogP contribution >= 0.6 is 15.9 Å². The molecule has 1 aromatic heterocycles. The number of phenolic OH excluding ortho intramolecular Hbond substituents is 1. The number of rotatable bonds is 6. The van der Waals surface area contributed by atoms with E-state index in [-0.39, 0.29) is 22.8 Å². The third-order valence-electron chi connectivity index (χ3n) is 4.65. The Balaban J connectivity index is 1.92. The van der Waals surface area contributed by atoms with Gasteiger partial charge in [-0.3, -0.25) is 0 Å². The molecule has 0 atom stereocenters.